The van der Waals surface area contributed by atoms with Crippen molar-refractivity contribution >= 4 is 11.9 Å². The molecule has 1 rings (SSSR count). The van der Waals surface area contributed by atoms with E-state index in [1.165, 1.54) is 55.9 Å². The zero-order chi connectivity index (χ0) is 18.5. The number of hydrogen-bond donors (Lipinski definition) is 0. The highest BCUT2D eigenvalue weighted by molar-refractivity contribution is 5.93. The van der Waals surface area contributed by atoms with Gasteiger partial charge in [-0.3, -0.25) is 9.36 Å². The lowest BCUT2D eigenvalue weighted by Crippen LogP contribution is -2.19. The van der Waals surface area contributed by atoms with Gasteiger partial charge in [-0.15, -0.1) is 0 Å². The van der Waals surface area contributed by atoms with Gasteiger partial charge in [0.25, 0.3) is 0 Å². The summed E-state index contributed by atoms with van der Waals surface area (Å²) in [6, 6.07) is 3.35. The van der Waals surface area contributed by atoms with Gasteiger partial charge in [-0.1, -0.05) is 71.6 Å². The van der Waals surface area contributed by atoms with Gasteiger partial charge >= 0.3 is 5.97 Å². The minimum Gasteiger partial charge on any atom is -0.461 e. The molecular formula is C21H35NO3. The van der Waals surface area contributed by atoms with Gasteiger partial charge in [0.05, 0.1) is 6.61 Å². The number of carbonyl (C=O) groups excluding carboxylic acids is 2. The minimum absolute atomic E-state index is 0.0277. The van der Waals surface area contributed by atoms with E-state index in [4.69, 9.17) is 4.74 Å². The molecule has 1 atom stereocenters. The molecule has 0 N–H and O–H groups in total. The number of esters is 1. The predicted octanol–water partition coefficient (Wildman–Crippen LogP) is 5.86. The topological polar surface area (TPSA) is 48.3 Å². The van der Waals surface area contributed by atoms with Crippen molar-refractivity contribution in [2.75, 3.05) is 6.61 Å². The third-order valence-corrected chi connectivity index (χ3v) is 4.58. The standard InChI is InChI=1S/C21H35NO3/c1-4-6-7-8-9-10-11-12-14-18(3)17-20(23)22-16-13-15-19(22)21(24)25-5-2/h13,15-16,18H,4-12,14,17H2,1-3H3. The highest BCUT2D eigenvalue weighted by atomic mass is 16.5. The van der Waals surface area contributed by atoms with Crippen molar-refractivity contribution in [1.82, 2.24) is 4.57 Å². The van der Waals surface area contributed by atoms with Gasteiger partial charge < -0.3 is 4.74 Å². The smallest absolute Gasteiger partial charge is 0.355 e. The molecule has 0 fully saturated rings. The Morgan fingerprint density at radius 3 is 2.32 bits per heavy atom. The molecule has 0 aliphatic rings. The van der Waals surface area contributed by atoms with Crippen LogP contribution in [0.1, 0.15) is 100 Å². The minimum atomic E-state index is -0.434. The lowest BCUT2D eigenvalue weighted by atomic mass is 9.98. The summed E-state index contributed by atoms with van der Waals surface area (Å²) in [7, 11) is 0. The first-order chi connectivity index (χ1) is 12.1. The number of nitrogens with zero attached hydrogens (tertiary/aromatic N) is 1. The van der Waals surface area contributed by atoms with E-state index in [9.17, 15) is 9.59 Å². The van der Waals surface area contributed by atoms with Gasteiger partial charge in [0.2, 0.25) is 5.91 Å². The molecule has 0 bridgehead atoms. The van der Waals surface area contributed by atoms with Crippen LogP contribution in [0.4, 0.5) is 0 Å². The molecule has 4 heteroatoms. The third-order valence-electron chi connectivity index (χ3n) is 4.58. The molecule has 1 aromatic heterocycles. The molecule has 0 saturated heterocycles. The molecule has 25 heavy (non-hydrogen) atoms. The molecule has 4 nitrogen and oxygen atoms in total. The summed E-state index contributed by atoms with van der Waals surface area (Å²) in [5.74, 6) is -0.123. The van der Waals surface area contributed by atoms with Crippen molar-refractivity contribution < 1.29 is 14.3 Å². The number of rotatable bonds is 13. The maximum Gasteiger partial charge on any atom is 0.355 e. The van der Waals surface area contributed by atoms with E-state index in [1.54, 1.807) is 25.3 Å². The Labute approximate surface area is 152 Å². The van der Waals surface area contributed by atoms with E-state index in [2.05, 4.69) is 13.8 Å². The number of aromatic nitrogens is 1. The molecule has 1 unspecified atom stereocenters. The van der Waals surface area contributed by atoms with Crippen LogP contribution in [0.2, 0.25) is 0 Å². The van der Waals surface area contributed by atoms with Crippen LogP contribution in [0, 0.1) is 5.92 Å². The monoisotopic (exact) mass is 349 g/mol. The summed E-state index contributed by atoms with van der Waals surface area (Å²) < 4.78 is 6.43. The maximum absolute atomic E-state index is 12.4. The van der Waals surface area contributed by atoms with Crippen LogP contribution in [0.15, 0.2) is 18.3 Å². The molecule has 1 heterocycles. The third kappa shape index (κ3) is 8.37. The summed E-state index contributed by atoms with van der Waals surface area (Å²) in [4.78, 5) is 24.3. The highest BCUT2D eigenvalue weighted by Gasteiger charge is 2.18. The van der Waals surface area contributed by atoms with Crippen LogP contribution in [0.5, 0.6) is 0 Å². The van der Waals surface area contributed by atoms with E-state index in [0.717, 1.165) is 6.42 Å². The van der Waals surface area contributed by atoms with Crippen molar-refractivity contribution in [3.8, 4) is 0 Å². The van der Waals surface area contributed by atoms with E-state index in [-0.39, 0.29) is 5.91 Å². The lowest BCUT2D eigenvalue weighted by molar-refractivity contribution is 0.0507. The Hall–Kier alpha value is -1.58. The van der Waals surface area contributed by atoms with Gasteiger partial charge in [0.1, 0.15) is 5.69 Å². The first-order valence-corrected chi connectivity index (χ1v) is 9.97. The normalized spacial score (nSPS) is 12.1. The average molecular weight is 350 g/mol. The fourth-order valence-electron chi connectivity index (χ4n) is 3.09. The summed E-state index contributed by atoms with van der Waals surface area (Å²) >= 11 is 0. The van der Waals surface area contributed by atoms with E-state index in [1.807, 2.05) is 0 Å². The predicted molar refractivity (Wildman–Crippen MR) is 102 cm³/mol. The number of hydrogen-bond acceptors (Lipinski definition) is 3. The van der Waals surface area contributed by atoms with Gasteiger partial charge in [-0.05, 0) is 25.0 Å². The molecule has 0 aromatic carbocycles. The largest absolute Gasteiger partial charge is 0.461 e. The first kappa shape index (κ1) is 21.5. The maximum atomic E-state index is 12.4. The Bertz CT molecular complexity index is 507. The quantitative estimate of drug-likeness (QED) is 0.331. The van der Waals surface area contributed by atoms with Crippen LogP contribution in [0.25, 0.3) is 0 Å². The molecule has 0 radical (unpaired) electrons. The van der Waals surface area contributed by atoms with E-state index < -0.39 is 5.97 Å². The van der Waals surface area contributed by atoms with Crippen molar-refractivity contribution in [2.45, 2.75) is 85.0 Å². The Morgan fingerprint density at radius 2 is 1.68 bits per heavy atom. The molecule has 0 aliphatic carbocycles. The second-order valence-electron chi connectivity index (χ2n) is 6.95. The first-order valence-electron chi connectivity index (χ1n) is 9.97. The zero-order valence-electron chi connectivity index (χ0n) is 16.3. The average Bonchev–Trinajstić information content (AvgIpc) is 3.07. The molecule has 0 amide bonds. The summed E-state index contributed by atoms with van der Waals surface area (Å²) in [6.07, 6.45) is 13.6. The number of ether oxygens (including phenoxy) is 1. The van der Waals surface area contributed by atoms with Gasteiger partial charge in [0, 0.05) is 12.6 Å². The number of unbranched alkanes of at least 4 members (excludes halogenated alkanes) is 7. The molecular weight excluding hydrogens is 314 g/mol. The molecule has 0 aliphatic heterocycles. The van der Waals surface area contributed by atoms with Gasteiger partial charge in [-0.25, -0.2) is 4.79 Å². The highest BCUT2D eigenvalue weighted by Crippen LogP contribution is 2.17. The van der Waals surface area contributed by atoms with Crippen molar-refractivity contribution in [3.63, 3.8) is 0 Å². The lowest BCUT2D eigenvalue weighted by Gasteiger charge is -2.12. The molecule has 1 aromatic rings. The molecule has 0 saturated carbocycles. The Balaban J connectivity index is 2.26. The fraction of sp³-hybridized carbons (Fsp3) is 0.714. The molecule has 0 spiro atoms. The fourth-order valence-corrected chi connectivity index (χ4v) is 3.09. The van der Waals surface area contributed by atoms with Gasteiger partial charge in [0.15, 0.2) is 0 Å². The van der Waals surface area contributed by atoms with Crippen LogP contribution < -0.4 is 0 Å². The summed E-state index contributed by atoms with van der Waals surface area (Å²) in [6.45, 7) is 6.44. The SMILES string of the molecule is CCCCCCCCCCC(C)CC(=O)n1cccc1C(=O)OCC. The van der Waals surface area contributed by atoms with Crippen LogP contribution in [0.3, 0.4) is 0 Å². The molecule has 142 valence electrons. The summed E-state index contributed by atoms with van der Waals surface area (Å²) in [5, 5.41) is 0. The van der Waals surface area contributed by atoms with Crippen LogP contribution >= 0.6 is 0 Å². The van der Waals surface area contributed by atoms with Gasteiger partial charge in [-0.2, -0.15) is 0 Å². The Morgan fingerprint density at radius 1 is 1.04 bits per heavy atom. The van der Waals surface area contributed by atoms with Crippen molar-refractivity contribution in [1.29, 1.82) is 0 Å². The van der Waals surface area contributed by atoms with Crippen molar-refractivity contribution in [3.05, 3.63) is 24.0 Å². The van der Waals surface area contributed by atoms with Crippen LogP contribution in [-0.4, -0.2) is 23.1 Å². The van der Waals surface area contributed by atoms with E-state index >= 15 is 0 Å². The summed E-state index contributed by atoms with van der Waals surface area (Å²) in [5.41, 5.74) is 0.325. The second kappa shape index (κ2) is 12.7. The van der Waals surface area contributed by atoms with E-state index in [0.29, 0.717) is 24.6 Å². The van der Waals surface area contributed by atoms with Crippen LogP contribution in [-0.2, 0) is 4.74 Å². The Kier molecular flexibility index (Phi) is 10.9. The zero-order valence-corrected chi connectivity index (χ0v) is 16.3. The number of carbonyl (C=O) groups is 2. The second-order valence-corrected chi connectivity index (χ2v) is 6.95. The van der Waals surface area contributed by atoms with Crippen molar-refractivity contribution in [2.24, 2.45) is 5.92 Å².